The van der Waals surface area contributed by atoms with Gasteiger partial charge in [0.1, 0.15) is 17.5 Å². The van der Waals surface area contributed by atoms with Crippen molar-refractivity contribution in [2.24, 2.45) is 0 Å². The average molecular weight is 302 g/mol. The molecule has 1 fully saturated rings. The summed E-state index contributed by atoms with van der Waals surface area (Å²) >= 11 is 1.79. The third-order valence-corrected chi connectivity index (χ3v) is 4.86. The smallest absolute Gasteiger partial charge is 0.136 e. The van der Waals surface area contributed by atoms with Gasteiger partial charge in [0.25, 0.3) is 0 Å². The zero-order chi connectivity index (χ0) is 14.8. The van der Waals surface area contributed by atoms with Gasteiger partial charge in [-0.1, -0.05) is 0 Å². The Morgan fingerprint density at radius 3 is 2.48 bits per heavy atom. The molecular weight excluding hydrogens is 280 g/mol. The standard InChI is InChI=1S/C16H22N4S/c1-4-17-14-11(3)15(20-16(19-14)12-5-6-12)18-9-13-10(2)7-8-21-13/h7-8,12H,4-6,9H2,1-3H3,(H2,17,18,19,20). The van der Waals surface area contributed by atoms with E-state index in [0.717, 1.165) is 36.1 Å². The molecule has 0 saturated heterocycles. The number of rotatable bonds is 6. The summed E-state index contributed by atoms with van der Waals surface area (Å²) in [5, 5.41) is 8.99. The van der Waals surface area contributed by atoms with E-state index in [-0.39, 0.29) is 0 Å². The van der Waals surface area contributed by atoms with Crippen molar-refractivity contribution < 1.29 is 0 Å². The second-order valence-corrected chi connectivity index (χ2v) is 6.59. The van der Waals surface area contributed by atoms with E-state index in [1.165, 1.54) is 23.3 Å². The summed E-state index contributed by atoms with van der Waals surface area (Å²) in [5.74, 6) is 3.49. The molecule has 0 unspecified atom stereocenters. The van der Waals surface area contributed by atoms with E-state index in [4.69, 9.17) is 4.98 Å². The maximum Gasteiger partial charge on any atom is 0.136 e. The second kappa shape index (κ2) is 6.02. The first kappa shape index (κ1) is 14.3. The molecule has 4 nitrogen and oxygen atoms in total. The fourth-order valence-electron chi connectivity index (χ4n) is 2.32. The first-order chi connectivity index (χ1) is 10.2. The molecule has 0 radical (unpaired) electrons. The molecule has 1 saturated carbocycles. The van der Waals surface area contributed by atoms with E-state index in [1.807, 2.05) is 0 Å². The number of aromatic nitrogens is 2. The van der Waals surface area contributed by atoms with Gasteiger partial charge in [0, 0.05) is 22.9 Å². The van der Waals surface area contributed by atoms with Crippen molar-refractivity contribution in [3.63, 3.8) is 0 Å². The fraction of sp³-hybridized carbons (Fsp3) is 0.500. The molecule has 2 aromatic rings. The summed E-state index contributed by atoms with van der Waals surface area (Å²) in [6.45, 7) is 8.04. The number of hydrogen-bond donors (Lipinski definition) is 2. The van der Waals surface area contributed by atoms with E-state index >= 15 is 0 Å². The predicted molar refractivity (Wildman–Crippen MR) is 89.3 cm³/mol. The van der Waals surface area contributed by atoms with Crippen molar-refractivity contribution in [3.8, 4) is 0 Å². The lowest BCUT2D eigenvalue weighted by molar-refractivity contribution is 0.909. The maximum absolute atomic E-state index is 4.75. The minimum Gasteiger partial charge on any atom is -0.370 e. The molecule has 0 atom stereocenters. The summed E-state index contributed by atoms with van der Waals surface area (Å²) in [6, 6.07) is 2.16. The Bertz CT molecular complexity index is 631. The molecule has 1 aliphatic rings. The Kier molecular flexibility index (Phi) is 4.10. The van der Waals surface area contributed by atoms with Crippen LogP contribution >= 0.6 is 11.3 Å². The van der Waals surface area contributed by atoms with Crippen LogP contribution in [0.1, 0.15) is 47.5 Å². The van der Waals surface area contributed by atoms with Gasteiger partial charge in [-0.3, -0.25) is 0 Å². The van der Waals surface area contributed by atoms with E-state index in [0.29, 0.717) is 5.92 Å². The molecule has 0 bridgehead atoms. The van der Waals surface area contributed by atoms with Gasteiger partial charge < -0.3 is 10.6 Å². The van der Waals surface area contributed by atoms with Crippen LogP contribution in [-0.2, 0) is 6.54 Å². The summed E-state index contributed by atoms with van der Waals surface area (Å²) in [6.07, 6.45) is 2.44. The van der Waals surface area contributed by atoms with Gasteiger partial charge in [0.2, 0.25) is 0 Å². The monoisotopic (exact) mass is 302 g/mol. The molecule has 0 spiro atoms. The van der Waals surface area contributed by atoms with Crippen LogP contribution in [0.15, 0.2) is 11.4 Å². The van der Waals surface area contributed by atoms with Crippen molar-refractivity contribution in [3.05, 3.63) is 33.3 Å². The van der Waals surface area contributed by atoms with Gasteiger partial charge in [0.15, 0.2) is 0 Å². The highest BCUT2D eigenvalue weighted by Crippen LogP contribution is 2.39. The summed E-state index contributed by atoms with van der Waals surface area (Å²) in [5.41, 5.74) is 2.45. The van der Waals surface area contributed by atoms with Gasteiger partial charge in [-0.25, -0.2) is 9.97 Å². The van der Waals surface area contributed by atoms with Crippen LogP contribution in [0.25, 0.3) is 0 Å². The van der Waals surface area contributed by atoms with Gasteiger partial charge in [-0.2, -0.15) is 0 Å². The first-order valence-corrected chi connectivity index (χ1v) is 8.46. The Morgan fingerprint density at radius 2 is 1.90 bits per heavy atom. The highest BCUT2D eigenvalue weighted by Gasteiger charge is 2.28. The highest BCUT2D eigenvalue weighted by molar-refractivity contribution is 7.10. The third-order valence-electron chi connectivity index (χ3n) is 3.83. The van der Waals surface area contributed by atoms with Crippen molar-refractivity contribution in [2.75, 3.05) is 17.2 Å². The van der Waals surface area contributed by atoms with Gasteiger partial charge in [-0.15, -0.1) is 11.3 Å². The normalized spacial score (nSPS) is 14.2. The maximum atomic E-state index is 4.75. The number of anilines is 2. The van der Waals surface area contributed by atoms with Crippen LogP contribution in [0.3, 0.4) is 0 Å². The number of nitrogens with one attached hydrogen (secondary N) is 2. The Morgan fingerprint density at radius 1 is 1.19 bits per heavy atom. The lowest BCUT2D eigenvalue weighted by Gasteiger charge is -2.14. The Balaban J connectivity index is 1.83. The zero-order valence-electron chi connectivity index (χ0n) is 12.9. The van der Waals surface area contributed by atoms with Crippen LogP contribution in [0.5, 0.6) is 0 Å². The van der Waals surface area contributed by atoms with Crippen molar-refractivity contribution >= 4 is 23.0 Å². The Hall–Kier alpha value is -1.62. The quantitative estimate of drug-likeness (QED) is 0.844. The molecule has 3 rings (SSSR count). The molecule has 112 valence electrons. The molecule has 21 heavy (non-hydrogen) atoms. The zero-order valence-corrected chi connectivity index (χ0v) is 13.7. The molecule has 2 heterocycles. The minimum atomic E-state index is 0.562. The molecule has 0 amide bonds. The van der Waals surface area contributed by atoms with Crippen molar-refractivity contribution in [1.82, 2.24) is 9.97 Å². The highest BCUT2D eigenvalue weighted by atomic mass is 32.1. The third kappa shape index (κ3) is 3.18. The van der Waals surface area contributed by atoms with E-state index in [1.54, 1.807) is 11.3 Å². The molecule has 2 N–H and O–H groups in total. The predicted octanol–water partition coefficient (Wildman–Crippen LogP) is 4.08. The van der Waals surface area contributed by atoms with E-state index in [2.05, 4.69) is 47.8 Å². The summed E-state index contributed by atoms with van der Waals surface area (Å²) < 4.78 is 0. The second-order valence-electron chi connectivity index (χ2n) is 5.59. The number of nitrogens with zero attached hydrogens (tertiary/aromatic N) is 2. The summed E-state index contributed by atoms with van der Waals surface area (Å²) in [7, 11) is 0. The molecule has 0 aliphatic heterocycles. The van der Waals surface area contributed by atoms with Crippen LogP contribution in [0, 0.1) is 13.8 Å². The average Bonchev–Trinajstić information content (AvgIpc) is 3.24. The molecule has 0 aromatic carbocycles. The van der Waals surface area contributed by atoms with Crippen LogP contribution in [-0.4, -0.2) is 16.5 Å². The van der Waals surface area contributed by atoms with Crippen molar-refractivity contribution in [2.45, 2.75) is 46.1 Å². The lowest BCUT2D eigenvalue weighted by atomic mass is 10.2. The number of thiophene rings is 1. The molecule has 1 aliphatic carbocycles. The van der Waals surface area contributed by atoms with E-state index in [9.17, 15) is 0 Å². The molecular formula is C16H22N4S. The summed E-state index contributed by atoms with van der Waals surface area (Å²) in [4.78, 5) is 10.8. The SMILES string of the molecule is CCNc1nc(C2CC2)nc(NCc2sccc2C)c1C. The number of aryl methyl sites for hydroxylation is 1. The molecule has 5 heteroatoms. The van der Waals surface area contributed by atoms with Gasteiger partial charge in [0.05, 0.1) is 6.54 Å². The fourth-order valence-corrected chi connectivity index (χ4v) is 3.16. The van der Waals surface area contributed by atoms with Crippen LogP contribution in [0.2, 0.25) is 0 Å². The first-order valence-electron chi connectivity index (χ1n) is 7.58. The largest absolute Gasteiger partial charge is 0.370 e. The lowest BCUT2D eigenvalue weighted by Crippen LogP contribution is -2.10. The molecule has 2 aromatic heterocycles. The van der Waals surface area contributed by atoms with Crippen LogP contribution < -0.4 is 10.6 Å². The Labute approximate surface area is 130 Å². The topological polar surface area (TPSA) is 49.8 Å². The van der Waals surface area contributed by atoms with Crippen molar-refractivity contribution in [1.29, 1.82) is 0 Å². The van der Waals surface area contributed by atoms with Gasteiger partial charge in [-0.05, 0) is 50.6 Å². The number of hydrogen-bond acceptors (Lipinski definition) is 5. The minimum absolute atomic E-state index is 0.562. The van der Waals surface area contributed by atoms with E-state index < -0.39 is 0 Å². The van der Waals surface area contributed by atoms with Crippen LogP contribution in [0.4, 0.5) is 11.6 Å². The van der Waals surface area contributed by atoms with Gasteiger partial charge >= 0.3 is 0 Å².